The highest BCUT2D eigenvalue weighted by Crippen LogP contribution is 2.33. The molecule has 0 saturated heterocycles. The maximum atomic E-state index is 6.11. The second-order valence-electron chi connectivity index (χ2n) is 6.77. The fraction of sp³-hybridized carbons (Fsp3) is 0.684. The van der Waals surface area contributed by atoms with Gasteiger partial charge in [0.2, 0.25) is 0 Å². The van der Waals surface area contributed by atoms with Gasteiger partial charge in [-0.2, -0.15) is 0 Å². The number of ether oxygens (including phenoxy) is 1. The van der Waals surface area contributed by atoms with Crippen molar-refractivity contribution in [2.24, 2.45) is 5.41 Å². The van der Waals surface area contributed by atoms with E-state index in [-0.39, 0.29) is 17.6 Å². The number of nitrogens with one attached hydrogen (secondary N) is 1. The van der Waals surface area contributed by atoms with Crippen LogP contribution in [-0.2, 0) is 11.2 Å². The summed E-state index contributed by atoms with van der Waals surface area (Å²) in [5.74, 6) is 0. The molecule has 0 aliphatic heterocycles. The third-order valence-corrected chi connectivity index (χ3v) is 3.86. The first kappa shape index (κ1) is 18.2. The maximum Gasteiger partial charge on any atom is 0.0817 e. The monoisotopic (exact) mass is 291 g/mol. The molecule has 120 valence electrons. The molecule has 0 bridgehead atoms. The van der Waals surface area contributed by atoms with Crippen LogP contribution in [0.5, 0.6) is 0 Å². The predicted molar refractivity (Wildman–Crippen MR) is 91.7 cm³/mol. The Morgan fingerprint density at radius 3 is 2.10 bits per heavy atom. The van der Waals surface area contributed by atoms with Gasteiger partial charge in [-0.05, 0) is 42.9 Å². The van der Waals surface area contributed by atoms with Crippen molar-refractivity contribution in [2.75, 3.05) is 13.2 Å². The quantitative estimate of drug-likeness (QED) is 0.747. The van der Waals surface area contributed by atoms with Crippen LogP contribution < -0.4 is 5.32 Å². The van der Waals surface area contributed by atoms with Crippen molar-refractivity contribution in [3.8, 4) is 0 Å². The molecule has 0 aliphatic carbocycles. The van der Waals surface area contributed by atoms with Crippen LogP contribution in [0.4, 0.5) is 0 Å². The van der Waals surface area contributed by atoms with E-state index in [9.17, 15) is 0 Å². The number of aryl methyl sites for hydroxylation is 1. The van der Waals surface area contributed by atoms with Gasteiger partial charge in [0.1, 0.15) is 0 Å². The molecule has 0 aromatic heterocycles. The summed E-state index contributed by atoms with van der Waals surface area (Å²) < 4.78 is 6.11. The molecule has 0 aliphatic rings. The highest BCUT2D eigenvalue weighted by atomic mass is 16.5. The Bertz CT molecular complexity index is 391. The molecule has 21 heavy (non-hydrogen) atoms. The van der Waals surface area contributed by atoms with Gasteiger partial charge >= 0.3 is 0 Å². The topological polar surface area (TPSA) is 21.3 Å². The minimum absolute atomic E-state index is 0.102. The molecule has 0 amide bonds. The van der Waals surface area contributed by atoms with Gasteiger partial charge in [-0.3, -0.25) is 0 Å². The Morgan fingerprint density at radius 1 is 1.05 bits per heavy atom. The first-order valence-electron chi connectivity index (χ1n) is 8.37. The van der Waals surface area contributed by atoms with Crippen molar-refractivity contribution in [1.29, 1.82) is 0 Å². The molecule has 0 fully saturated rings. The molecule has 2 atom stereocenters. The molecule has 2 heteroatoms. The molecular formula is C19H33NO. The molecule has 0 saturated carbocycles. The second-order valence-corrected chi connectivity index (χ2v) is 6.77. The summed E-state index contributed by atoms with van der Waals surface area (Å²) in [5.41, 5.74) is 2.82. The Hall–Kier alpha value is -0.860. The molecule has 1 rings (SSSR count). The third-order valence-electron chi connectivity index (χ3n) is 3.86. The highest BCUT2D eigenvalue weighted by molar-refractivity contribution is 5.26. The maximum absolute atomic E-state index is 6.11. The molecule has 2 nitrogen and oxygen atoms in total. The summed E-state index contributed by atoms with van der Waals surface area (Å²) >= 11 is 0. The van der Waals surface area contributed by atoms with Crippen LogP contribution in [0.25, 0.3) is 0 Å². The Labute approximate surface area is 131 Å². The van der Waals surface area contributed by atoms with Crippen molar-refractivity contribution in [1.82, 2.24) is 5.32 Å². The van der Waals surface area contributed by atoms with E-state index in [0.717, 1.165) is 26.0 Å². The zero-order chi connectivity index (χ0) is 15.9. The molecule has 1 aromatic rings. The van der Waals surface area contributed by atoms with Crippen molar-refractivity contribution < 1.29 is 4.74 Å². The lowest BCUT2D eigenvalue weighted by atomic mass is 9.81. The standard InChI is InChI=1S/C19H33NO/c1-7-14-20-17(18(21-9-3)19(4,5)6)16-12-10-15(8-2)11-13-16/h10-13,17-18,20H,7-9,14H2,1-6H3. The van der Waals surface area contributed by atoms with Crippen molar-refractivity contribution in [2.45, 2.75) is 66.5 Å². The lowest BCUT2D eigenvalue weighted by molar-refractivity contribution is -0.0365. The second kappa shape index (κ2) is 8.55. The zero-order valence-corrected chi connectivity index (χ0v) is 14.7. The average Bonchev–Trinajstić information content (AvgIpc) is 2.46. The molecule has 0 spiro atoms. The van der Waals surface area contributed by atoms with Gasteiger partial charge < -0.3 is 10.1 Å². The van der Waals surface area contributed by atoms with Crippen molar-refractivity contribution in [3.05, 3.63) is 35.4 Å². The lowest BCUT2D eigenvalue weighted by Gasteiger charge is -2.37. The number of hydrogen-bond acceptors (Lipinski definition) is 2. The SMILES string of the molecule is CCCNC(c1ccc(CC)cc1)C(OCC)C(C)(C)C. The summed E-state index contributed by atoms with van der Waals surface area (Å²) in [5, 5.41) is 3.69. The number of benzene rings is 1. The van der Waals surface area contributed by atoms with Crippen LogP contribution in [0.2, 0.25) is 0 Å². The largest absolute Gasteiger partial charge is 0.376 e. The van der Waals surface area contributed by atoms with E-state index in [1.165, 1.54) is 11.1 Å². The Morgan fingerprint density at radius 2 is 1.67 bits per heavy atom. The van der Waals surface area contributed by atoms with Gasteiger partial charge in [0.15, 0.2) is 0 Å². The zero-order valence-electron chi connectivity index (χ0n) is 14.7. The minimum atomic E-state index is 0.102. The highest BCUT2D eigenvalue weighted by Gasteiger charge is 2.33. The molecule has 1 N–H and O–H groups in total. The molecule has 0 radical (unpaired) electrons. The van der Waals surface area contributed by atoms with Crippen molar-refractivity contribution in [3.63, 3.8) is 0 Å². The molecular weight excluding hydrogens is 258 g/mol. The fourth-order valence-electron chi connectivity index (χ4n) is 2.69. The normalized spacial score (nSPS) is 15.0. The van der Waals surface area contributed by atoms with Crippen LogP contribution in [-0.4, -0.2) is 19.3 Å². The van der Waals surface area contributed by atoms with Gasteiger partial charge in [-0.1, -0.05) is 58.9 Å². The van der Waals surface area contributed by atoms with E-state index in [0.29, 0.717) is 0 Å². The van der Waals surface area contributed by atoms with E-state index >= 15 is 0 Å². The minimum Gasteiger partial charge on any atom is -0.376 e. The number of rotatable bonds is 8. The molecule has 1 aromatic carbocycles. The summed E-state index contributed by atoms with van der Waals surface area (Å²) in [6, 6.07) is 9.23. The first-order chi connectivity index (χ1) is 9.93. The van der Waals surface area contributed by atoms with Gasteiger partial charge in [0, 0.05) is 6.61 Å². The van der Waals surface area contributed by atoms with Crippen LogP contribution >= 0.6 is 0 Å². The summed E-state index contributed by atoms with van der Waals surface area (Å²) in [6.45, 7) is 15.0. The van der Waals surface area contributed by atoms with E-state index in [1.54, 1.807) is 0 Å². The van der Waals surface area contributed by atoms with Crippen molar-refractivity contribution >= 4 is 0 Å². The fourth-order valence-corrected chi connectivity index (χ4v) is 2.69. The summed E-state index contributed by atoms with van der Waals surface area (Å²) in [4.78, 5) is 0. The average molecular weight is 291 g/mol. The van der Waals surface area contributed by atoms with E-state index in [2.05, 4.69) is 71.1 Å². The summed E-state index contributed by atoms with van der Waals surface area (Å²) in [6.07, 6.45) is 2.38. The predicted octanol–water partition coefficient (Wildman–Crippen LogP) is 4.74. The van der Waals surface area contributed by atoms with Crippen LogP contribution in [0.15, 0.2) is 24.3 Å². The number of hydrogen-bond donors (Lipinski definition) is 1. The third kappa shape index (κ3) is 5.44. The molecule has 0 heterocycles. The van der Waals surface area contributed by atoms with Gasteiger partial charge in [-0.15, -0.1) is 0 Å². The first-order valence-corrected chi connectivity index (χ1v) is 8.37. The smallest absolute Gasteiger partial charge is 0.0817 e. The Balaban J connectivity index is 3.05. The Kier molecular flexibility index (Phi) is 7.41. The summed E-state index contributed by atoms with van der Waals surface area (Å²) in [7, 11) is 0. The van der Waals surface area contributed by atoms with Crippen LogP contribution in [0.1, 0.15) is 65.1 Å². The lowest BCUT2D eigenvalue weighted by Crippen LogP contribution is -2.42. The van der Waals surface area contributed by atoms with Crippen LogP contribution in [0.3, 0.4) is 0 Å². The van der Waals surface area contributed by atoms with E-state index in [4.69, 9.17) is 4.74 Å². The molecule has 2 unspecified atom stereocenters. The van der Waals surface area contributed by atoms with Gasteiger partial charge in [0.05, 0.1) is 12.1 Å². The van der Waals surface area contributed by atoms with Gasteiger partial charge in [-0.25, -0.2) is 0 Å². The van der Waals surface area contributed by atoms with Gasteiger partial charge in [0.25, 0.3) is 0 Å². The van der Waals surface area contributed by atoms with Crippen LogP contribution in [0, 0.1) is 5.41 Å². The van der Waals surface area contributed by atoms with E-state index in [1.807, 2.05) is 0 Å². The van der Waals surface area contributed by atoms with E-state index < -0.39 is 0 Å².